The van der Waals surface area contributed by atoms with Gasteiger partial charge in [-0.25, -0.2) is 4.79 Å². The first-order valence-corrected chi connectivity index (χ1v) is 8.14. The highest BCUT2D eigenvalue weighted by atomic mass is 32.1. The van der Waals surface area contributed by atoms with Crippen LogP contribution in [0.3, 0.4) is 0 Å². The van der Waals surface area contributed by atoms with E-state index < -0.39 is 0 Å². The molecule has 0 radical (unpaired) electrons. The van der Waals surface area contributed by atoms with Gasteiger partial charge in [0, 0.05) is 11.9 Å². The number of nitrogens with zero attached hydrogens (tertiary/aromatic N) is 1. The summed E-state index contributed by atoms with van der Waals surface area (Å²) in [5.41, 5.74) is 0.459. The Morgan fingerprint density at radius 1 is 1.17 bits per heavy atom. The van der Waals surface area contributed by atoms with E-state index in [0.29, 0.717) is 24.5 Å². The highest BCUT2D eigenvalue weighted by Gasteiger charge is 2.11. The van der Waals surface area contributed by atoms with E-state index in [0.717, 1.165) is 4.88 Å². The van der Waals surface area contributed by atoms with Gasteiger partial charge >= 0.3 is 5.97 Å². The lowest BCUT2D eigenvalue weighted by molar-refractivity contribution is -0.132. The first-order chi connectivity index (χ1) is 11.1. The number of thiophene rings is 1. The number of ether oxygens (including phenoxy) is 2. The van der Waals surface area contributed by atoms with Gasteiger partial charge in [0.05, 0.1) is 18.7 Å². The number of likely N-dealkylation sites (N-methyl/N-ethyl adjacent to an activating group) is 1. The third kappa shape index (κ3) is 5.10. The fraction of sp³-hybridized carbons (Fsp3) is 0.294. The summed E-state index contributed by atoms with van der Waals surface area (Å²) in [6, 6.07) is 10.5. The molecular weight excluding hydrogens is 314 g/mol. The fourth-order valence-electron chi connectivity index (χ4n) is 1.88. The Kier molecular flexibility index (Phi) is 6.17. The fourth-order valence-corrected chi connectivity index (χ4v) is 2.64. The van der Waals surface area contributed by atoms with Gasteiger partial charge in [0.2, 0.25) is 0 Å². The predicted molar refractivity (Wildman–Crippen MR) is 88.7 cm³/mol. The average Bonchev–Trinajstić information content (AvgIpc) is 3.06. The molecule has 0 bridgehead atoms. The third-order valence-electron chi connectivity index (χ3n) is 3.13. The number of esters is 1. The van der Waals surface area contributed by atoms with Crippen molar-refractivity contribution in [3.63, 3.8) is 0 Å². The van der Waals surface area contributed by atoms with Gasteiger partial charge in [-0.1, -0.05) is 6.07 Å². The van der Waals surface area contributed by atoms with Gasteiger partial charge in [0.15, 0.2) is 6.61 Å². The van der Waals surface area contributed by atoms with Crippen molar-refractivity contribution in [1.82, 2.24) is 4.90 Å². The van der Waals surface area contributed by atoms with Gasteiger partial charge < -0.3 is 14.4 Å². The molecule has 0 N–H and O–H groups in total. The number of amides is 1. The van der Waals surface area contributed by atoms with E-state index in [-0.39, 0.29) is 18.5 Å². The molecular formula is C17H19NO4S. The summed E-state index contributed by atoms with van der Waals surface area (Å²) < 4.78 is 10.4. The summed E-state index contributed by atoms with van der Waals surface area (Å²) in [7, 11) is 1.75. The maximum absolute atomic E-state index is 12.0. The van der Waals surface area contributed by atoms with Crippen molar-refractivity contribution in [2.45, 2.75) is 13.5 Å². The first-order valence-electron chi connectivity index (χ1n) is 7.26. The normalized spacial score (nSPS) is 10.2. The van der Waals surface area contributed by atoms with Crippen LogP contribution < -0.4 is 4.74 Å². The van der Waals surface area contributed by atoms with Gasteiger partial charge in [0.25, 0.3) is 5.91 Å². The van der Waals surface area contributed by atoms with Gasteiger partial charge in [-0.3, -0.25) is 4.79 Å². The van der Waals surface area contributed by atoms with Crippen LogP contribution in [0, 0.1) is 0 Å². The zero-order valence-electron chi connectivity index (χ0n) is 13.2. The van der Waals surface area contributed by atoms with Crippen LogP contribution in [-0.4, -0.2) is 37.0 Å². The van der Waals surface area contributed by atoms with Crippen molar-refractivity contribution in [2.24, 2.45) is 0 Å². The molecule has 0 aliphatic rings. The average molecular weight is 333 g/mol. The van der Waals surface area contributed by atoms with Gasteiger partial charge in [-0.15, -0.1) is 11.3 Å². The molecule has 6 heteroatoms. The van der Waals surface area contributed by atoms with E-state index in [2.05, 4.69) is 0 Å². The van der Waals surface area contributed by atoms with Crippen molar-refractivity contribution in [2.75, 3.05) is 20.3 Å². The van der Waals surface area contributed by atoms with Crippen molar-refractivity contribution < 1.29 is 19.1 Å². The lowest BCUT2D eigenvalue weighted by atomic mass is 10.2. The Labute approximate surface area is 139 Å². The van der Waals surface area contributed by atoms with E-state index in [1.165, 1.54) is 0 Å². The second-order valence-corrected chi connectivity index (χ2v) is 5.89. The largest absolute Gasteiger partial charge is 0.484 e. The minimum atomic E-state index is -0.370. The minimum Gasteiger partial charge on any atom is -0.484 e. The van der Waals surface area contributed by atoms with Crippen LogP contribution in [0.5, 0.6) is 5.75 Å². The van der Waals surface area contributed by atoms with Crippen LogP contribution in [0.15, 0.2) is 41.8 Å². The highest BCUT2D eigenvalue weighted by Crippen LogP contribution is 2.14. The summed E-state index contributed by atoms with van der Waals surface area (Å²) in [5, 5.41) is 1.98. The molecule has 2 aromatic rings. The molecule has 0 fully saturated rings. The Morgan fingerprint density at radius 2 is 1.91 bits per heavy atom. The molecule has 0 saturated heterocycles. The molecule has 122 valence electrons. The molecule has 0 unspecified atom stereocenters. The standard InChI is InChI=1S/C17H19NO4S/c1-3-21-17(20)13-6-8-14(9-7-13)22-12-16(19)18(2)11-15-5-4-10-23-15/h4-10H,3,11-12H2,1-2H3. The molecule has 0 saturated carbocycles. The number of rotatable bonds is 7. The van der Waals surface area contributed by atoms with E-state index in [9.17, 15) is 9.59 Å². The van der Waals surface area contributed by atoms with Crippen molar-refractivity contribution in [1.29, 1.82) is 0 Å². The zero-order chi connectivity index (χ0) is 16.7. The summed E-state index contributed by atoms with van der Waals surface area (Å²) in [4.78, 5) is 26.3. The van der Waals surface area contributed by atoms with Gasteiger partial charge in [-0.2, -0.15) is 0 Å². The third-order valence-corrected chi connectivity index (χ3v) is 3.99. The van der Waals surface area contributed by atoms with Crippen molar-refractivity contribution >= 4 is 23.2 Å². The minimum absolute atomic E-state index is 0.0410. The van der Waals surface area contributed by atoms with Crippen LogP contribution in [0.2, 0.25) is 0 Å². The Hall–Kier alpha value is -2.34. The monoisotopic (exact) mass is 333 g/mol. The van der Waals surface area contributed by atoms with Crippen molar-refractivity contribution in [3.8, 4) is 5.75 Å². The molecule has 0 aliphatic carbocycles. The topological polar surface area (TPSA) is 55.8 Å². The smallest absolute Gasteiger partial charge is 0.338 e. The van der Waals surface area contributed by atoms with E-state index in [1.807, 2.05) is 17.5 Å². The van der Waals surface area contributed by atoms with Crippen LogP contribution in [-0.2, 0) is 16.1 Å². The SMILES string of the molecule is CCOC(=O)c1ccc(OCC(=O)N(C)Cc2cccs2)cc1. The maximum atomic E-state index is 12.0. The molecule has 5 nitrogen and oxygen atoms in total. The van der Waals surface area contributed by atoms with E-state index in [1.54, 1.807) is 54.5 Å². The molecule has 2 rings (SSSR count). The molecule has 0 atom stereocenters. The molecule has 1 aromatic heterocycles. The molecule has 23 heavy (non-hydrogen) atoms. The van der Waals surface area contributed by atoms with Gasteiger partial charge in [0.1, 0.15) is 5.75 Å². The van der Waals surface area contributed by atoms with Crippen LogP contribution in [0.25, 0.3) is 0 Å². The lowest BCUT2D eigenvalue weighted by Gasteiger charge is -2.16. The first kappa shape index (κ1) is 17.0. The number of carbonyl (C=O) groups is 2. The Morgan fingerprint density at radius 3 is 2.52 bits per heavy atom. The quantitative estimate of drug-likeness (QED) is 0.731. The molecule has 1 aromatic carbocycles. The van der Waals surface area contributed by atoms with Crippen LogP contribution in [0.1, 0.15) is 22.2 Å². The predicted octanol–water partition coefficient (Wildman–Crippen LogP) is 2.96. The van der Waals surface area contributed by atoms with E-state index >= 15 is 0 Å². The summed E-state index contributed by atoms with van der Waals surface area (Å²) in [6.45, 7) is 2.62. The van der Waals surface area contributed by atoms with E-state index in [4.69, 9.17) is 9.47 Å². The summed E-state index contributed by atoms with van der Waals surface area (Å²) >= 11 is 1.61. The second-order valence-electron chi connectivity index (χ2n) is 4.86. The zero-order valence-corrected chi connectivity index (χ0v) is 14.0. The van der Waals surface area contributed by atoms with Crippen LogP contribution in [0.4, 0.5) is 0 Å². The molecule has 1 amide bonds. The van der Waals surface area contributed by atoms with Gasteiger partial charge in [-0.05, 0) is 42.6 Å². The second kappa shape index (κ2) is 8.33. The lowest BCUT2D eigenvalue weighted by Crippen LogP contribution is -2.30. The number of hydrogen-bond acceptors (Lipinski definition) is 5. The van der Waals surface area contributed by atoms with Crippen LogP contribution >= 0.6 is 11.3 Å². The summed E-state index contributed by atoms with van der Waals surface area (Å²) in [5.74, 6) is 0.0644. The number of benzene rings is 1. The number of hydrogen-bond donors (Lipinski definition) is 0. The molecule has 0 spiro atoms. The Bertz CT molecular complexity index is 637. The summed E-state index contributed by atoms with van der Waals surface area (Å²) in [6.07, 6.45) is 0. The number of carbonyl (C=O) groups excluding carboxylic acids is 2. The van der Waals surface area contributed by atoms with Crippen molar-refractivity contribution in [3.05, 3.63) is 52.2 Å². The maximum Gasteiger partial charge on any atom is 0.338 e. The molecule has 0 aliphatic heterocycles. The Balaban J connectivity index is 1.83. The molecule has 1 heterocycles. The highest BCUT2D eigenvalue weighted by molar-refractivity contribution is 7.09.